The molecule has 0 saturated carbocycles. The summed E-state index contributed by atoms with van der Waals surface area (Å²) < 4.78 is 15.9. The van der Waals surface area contributed by atoms with Gasteiger partial charge < -0.3 is 24.0 Å². The Bertz CT molecular complexity index is 801. The number of morpholine rings is 2. The van der Waals surface area contributed by atoms with Crippen molar-refractivity contribution in [2.75, 3.05) is 74.8 Å². The summed E-state index contributed by atoms with van der Waals surface area (Å²) in [5, 5.41) is 11.8. The Morgan fingerprint density at radius 2 is 1.79 bits per heavy atom. The van der Waals surface area contributed by atoms with Crippen LogP contribution in [-0.4, -0.2) is 85.8 Å². The van der Waals surface area contributed by atoms with Crippen LogP contribution >= 0.6 is 11.3 Å². The minimum Gasteiger partial charge on any atom is -0.378 e. The van der Waals surface area contributed by atoms with Gasteiger partial charge in [-0.25, -0.2) is 4.98 Å². The summed E-state index contributed by atoms with van der Waals surface area (Å²) in [6, 6.07) is 1.71. The molecule has 0 spiro atoms. The van der Waals surface area contributed by atoms with Gasteiger partial charge in [0, 0.05) is 39.4 Å². The van der Waals surface area contributed by atoms with Crippen molar-refractivity contribution in [3.8, 4) is 0 Å². The number of anilines is 3. The van der Waals surface area contributed by atoms with Crippen LogP contribution in [0.4, 0.5) is 16.9 Å². The number of rotatable bonds is 6. The number of nitrogens with zero attached hydrogens (tertiary/aromatic N) is 6. The lowest BCUT2D eigenvalue weighted by molar-refractivity contribution is 0.102. The van der Waals surface area contributed by atoms with E-state index < -0.39 is 0 Å². The first-order chi connectivity index (χ1) is 14.2. The molecule has 2 saturated heterocycles. The predicted molar refractivity (Wildman–Crippen MR) is 107 cm³/mol. The first-order valence-electron chi connectivity index (χ1n) is 9.40. The van der Waals surface area contributed by atoms with E-state index in [-0.39, 0.29) is 11.6 Å². The number of hydrogen-bond donors (Lipinski definition) is 1. The second-order valence-corrected chi connectivity index (χ2v) is 7.56. The first kappa shape index (κ1) is 19.9. The Morgan fingerprint density at radius 3 is 2.48 bits per heavy atom. The van der Waals surface area contributed by atoms with E-state index in [4.69, 9.17) is 19.2 Å². The zero-order valence-electron chi connectivity index (χ0n) is 16.2. The highest BCUT2D eigenvalue weighted by Gasteiger charge is 2.22. The van der Waals surface area contributed by atoms with Crippen LogP contribution in [-0.2, 0) is 20.8 Å². The Hall–Kier alpha value is -2.41. The van der Waals surface area contributed by atoms with Crippen molar-refractivity contribution in [3.05, 3.63) is 16.8 Å². The lowest BCUT2D eigenvalue weighted by Crippen LogP contribution is -2.40. The van der Waals surface area contributed by atoms with E-state index in [0.29, 0.717) is 68.0 Å². The molecule has 4 rings (SSSR count). The summed E-state index contributed by atoms with van der Waals surface area (Å²) in [6.45, 7) is 5.64. The Kier molecular flexibility index (Phi) is 6.44. The molecule has 1 amide bonds. The van der Waals surface area contributed by atoms with E-state index in [1.54, 1.807) is 13.2 Å². The molecular weight excluding hydrogens is 398 g/mol. The number of ether oxygens (including phenoxy) is 3. The van der Waals surface area contributed by atoms with Gasteiger partial charge in [-0.15, -0.1) is 10.2 Å². The fourth-order valence-corrected chi connectivity index (χ4v) is 3.75. The molecule has 29 heavy (non-hydrogen) atoms. The van der Waals surface area contributed by atoms with Gasteiger partial charge >= 0.3 is 0 Å². The van der Waals surface area contributed by atoms with Crippen molar-refractivity contribution in [3.63, 3.8) is 0 Å². The highest BCUT2D eigenvalue weighted by Crippen LogP contribution is 2.21. The molecule has 0 atom stereocenters. The SMILES string of the molecule is COCc1nnc(NC(=O)c2cc(N3CCOCC3)nc(N3CCOCC3)n2)s1. The number of nitrogens with one attached hydrogen (secondary N) is 1. The van der Waals surface area contributed by atoms with Gasteiger partial charge in [0.15, 0.2) is 0 Å². The van der Waals surface area contributed by atoms with Gasteiger partial charge in [0.1, 0.15) is 23.1 Å². The Labute approximate surface area is 172 Å². The molecule has 2 fully saturated rings. The average molecular weight is 421 g/mol. The minimum absolute atomic E-state index is 0.284. The molecule has 12 heteroatoms. The molecular formula is C17H23N7O4S. The molecule has 0 aromatic carbocycles. The van der Waals surface area contributed by atoms with Crippen LogP contribution in [0.25, 0.3) is 0 Å². The highest BCUT2D eigenvalue weighted by molar-refractivity contribution is 7.15. The standard InChI is InChI=1S/C17H23N7O4S/c1-26-11-14-21-22-17(29-14)20-15(25)12-10-13(23-2-6-27-7-3-23)19-16(18-12)24-4-8-28-9-5-24/h10H,2-9,11H2,1H3,(H,20,22,25). The summed E-state index contributed by atoms with van der Waals surface area (Å²) in [7, 11) is 1.58. The fraction of sp³-hybridized carbons (Fsp3) is 0.588. The average Bonchev–Trinajstić information content (AvgIpc) is 3.22. The predicted octanol–water partition coefficient (Wildman–Crippen LogP) is 0.400. The molecule has 4 heterocycles. The van der Waals surface area contributed by atoms with Gasteiger partial charge in [-0.05, 0) is 0 Å². The zero-order chi connectivity index (χ0) is 20.1. The maximum Gasteiger partial charge on any atom is 0.276 e. The van der Waals surface area contributed by atoms with Crippen LogP contribution in [0.3, 0.4) is 0 Å². The number of carbonyl (C=O) groups is 1. The van der Waals surface area contributed by atoms with Crippen LogP contribution in [0, 0.1) is 0 Å². The van der Waals surface area contributed by atoms with E-state index in [0.717, 1.165) is 13.1 Å². The second-order valence-electron chi connectivity index (χ2n) is 6.50. The first-order valence-corrected chi connectivity index (χ1v) is 10.2. The monoisotopic (exact) mass is 421 g/mol. The van der Waals surface area contributed by atoms with Crippen molar-refractivity contribution in [1.82, 2.24) is 20.2 Å². The quantitative estimate of drug-likeness (QED) is 0.703. The van der Waals surface area contributed by atoms with Gasteiger partial charge in [-0.1, -0.05) is 11.3 Å². The summed E-state index contributed by atoms with van der Waals surface area (Å²) in [5.41, 5.74) is 0.284. The maximum atomic E-state index is 12.9. The van der Waals surface area contributed by atoms with Crippen molar-refractivity contribution in [1.29, 1.82) is 0 Å². The fourth-order valence-electron chi connectivity index (χ4n) is 3.04. The van der Waals surface area contributed by atoms with Gasteiger partial charge in [0.25, 0.3) is 5.91 Å². The largest absolute Gasteiger partial charge is 0.378 e. The van der Waals surface area contributed by atoms with Crippen LogP contribution in [0.1, 0.15) is 15.5 Å². The second kappa shape index (κ2) is 9.39. The maximum absolute atomic E-state index is 12.9. The summed E-state index contributed by atoms with van der Waals surface area (Å²) in [4.78, 5) is 26.2. The summed E-state index contributed by atoms with van der Waals surface area (Å²) in [5.74, 6) is 0.892. The smallest absolute Gasteiger partial charge is 0.276 e. The molecule has 2 aromatic rings. The third-order valence-corrected chi connectivity index (χ3v) is 5.33. The highest BCUT2D eigenvalue weighted by atomic mass is 32.1. The molecule has 1 N–H and O–H groups in total. The third-order valence-electron chi connectivity index (χ3n) is 4.52. The molecule has 2 aliphatic heterocycles. The van der Waals surface area contributed by atoms with Crippen molar-refractivity contribution < 1.29 is 19.0 Å². The molecule has 0 bridgehead atoms. The summed E-state index contributed by atoms with van der Waals surface area (Å²) in [6.07, 6.45) is 0. The number of aromatic nitrogens is 4. The van der Waals surface area contributed by atoms with Gasteiger partial charge in [0.2, 0.25) is 11.1 Å². The van der Waals surface area contributed by atoms with Crippen LogP contribution in [0.2, 0.25) is 0 Å². The Balaban J connectivity index is 1.58. The van der Waals surface area contributed by atoms with Crippen molar-refractivity contribution >= 4 is 34.1 Å². The minimum atomic E-state index is -0.350. The van der Waals surface area contributed by atoms with E-state index in [9.17, 15) is 4.79 Å². The molecule has 2 aromatic heterocycles. The number of amides is 1. The number of methoxy groups -OCH3 is 1. The molecule has 2 aliphatic rings. The van der Waals surface area contributed by atoms with Gasteiger partial charge in [0.05, 0.1) is 26.4 Å². The number of carbonyl (C=O) groups excluding carboxylic acids is 1. The molecule has 0 radical (unpaired) electrons. The molecule has 156 valence electrons. The van der Waals surface area contributed by atoms with Crippen molar-refractivity contribution in [2.45, 2.75) is 6.61 Å². The molecule has 0 unspecified atom stereocenters. The van der Waals surface area contributed by atoms with Crippen LogP contribution < -0.4 is 15.1 Å². The summed E-state index contributed by atoms with van der Waals surface area (Å²) >= 11 is 1.27. The normalized spacial score (nSPS) is 17.4. The molecule has 0 aliphatic carbocycles. The topological polar surface area (TPSA) is 115 Å². The lowest BCUT2D eigenvalue weighted by Gasteiger charge is -2.31. The Morgan fingerprint density at radius 1 is 1.10 bits per heavy atom. The van der Waals surface area contributed by atoms with Crippen LogP contribution in [0.15, 0.2) is 6.07 Å². The zero-order valence-corrected chi connectivity index (χ0v) is 17.0. The lowest BCUT2D eigenvalue weighted by atomic mass is 10.3. The van der Waals surface area contributed by atoms with Gasteiger partial charge in [-0.2, -0.15) is 4.98 Å². The third kappa shape index (κ3) is 4.96. The van der Waals surface area contributed by atoms with Gasteiger partial charge in [-0.3, -0.25) is 10.1 Å². The van der Waals surface area contributed by atoms with E-state index in [1.807, 2.05) is 4.90 Å². The number of hydrogen-bond acceptors (Lipinski definition) is 11. The van der Waals surface area contributed by atoms with E-state index in [1.165, 1.54) is 11.3 Å². The van der Waals surface area contributed by atoms with E-state index >= 15 is 0 Å². The van der Waals surface area contributed by atoms with E-state index in [2.05, 4.69) is 25.4 Å². The molecule has 11 nitrogen and oxygen atoms in total. The van der Waals surface area contributed by atoms with Crippen LogP contribution in [0.5, 0.6) is 0 Å². The van der Waals surface area contributed by atoms with Crippen molar-refractivity contribution in [2.24, 2.45) is 0 Å².